The van der Waals surface area contributed by atoms with Crippen LogP contribution in [0.5, 0.6) is 0 Å². The van der Waals surface area contributed by atoms with E-state index in [9.17, 15) is 19.3 Å². The summed E-state index contributed by atoms with van der Waals surface area (Å²) in [5.74, 6) is 0.108. The first kappa shape index (κ1) is 30.1. The second kappa shape index (κ2) is 12.6. The number of pyridine rings is 1. The molecule has 14 heteroatoms. The minimum absolute atomic E-state index is 0.0950. The zero-order valence-corrected chi connectivity index (χ0v) is 25.1. The Hall–Kier alpha value is -5.89. The third-order valence-electron chi connectivity index (χ3n) is 7.43. The Morgan fingerprint density at radius 2 is 2.00 bits per heavy atom. The highest BCUT2D eigenvalue weighted by molar-refractivity contribution is 6.00. The maximum atomic E-state index is 13.6. The maximum Gasteiger partial charge on any atom is 0.368 e. The number of hydrogen-bond donors (Lipinski definition) is 2. The van der Waals surface area contributed by atoms with E-state index in [1.54, 1.807) is 36.8 Å². The molecular weight excluding hydrogens is 591 g/mol. The van der Waals surface area contributed by atoms with Gasteiger partial charge in [0.15, 0.2) is 0 Å². The van der Waals surface area contributed by atoms with Crippen molar-refractivity contribution in [1.29, 1.82) is 0 Å². The molecule has 0 atom stereocenters. The number of anilines is 3. The monoisotopic (exact) mass is 621 g/mol. The molecule has 13 nitrogen and oxygen atoms in total. The van der Waals surface area contributed by atoms with E-state index in [0.717, 1.165) is 22.2 Å². The molecule has 1 amide bonds. The molecule has 0 unspecified atom stereocenters. The van der Waals surface area contributed by atoms with Gasteiger partial charge in [0, 0.05) is 29.0 Å². The van der Waals surface area contributed by atoms with Gasteiger partial charge in [-0.3, -0.25) is 9.48 Å². The number of nitrogens with zero attached hydrogens (tertiary/aromatic N) is 8. The molecule has 2 aromatic carbocycles. The summed E-state index contributed by atoms with van der Waals surface area (Å²) in [5.41, 5.74) is 3.74. The van der Waals surface area contributed by atoms with Crippen LogP contribution in [0.2, 0.25) is 0 Å². The van der Waals surface area contributed by atoms with E-state index in [1.807, 2.05) is 43.0 Å². The lowest BCUT2D eigenvalue weighted by Crippen LogP contribution is -2.41. The van der Waals surface area contributed by atoms with Crippen molar-refractivity contribution in [3.8, 4) is 0 Å². The van der Waals surface area contributed by atoms with E-state index in [-0.39, 0.29) is 17.5 Å². The number of aromatic nitrogens is 5. The fourth-order valence-electron chi connectivity index (χ4n) is 5.29. The number of fused-ring (bicyclic) bond motifs is 2. The van der Waals surface area contributed by atoms with Gasteiger partial charge in [-0.1, -0.05) is 17.1 Å². The van der Waals surface area contributed by atoms with Crippen molar-refractivity contribution in [3.05, 3.63) is 112 Å². The van der Waals surface area contributed by atoms with Gasteiger partial charge >= 0.3 is 5.82 Å². The van der Waals surface area contributed by atoms with Gasteiger partial charge in [0.25, 0.3) is 0 Å². The van der Waals surface area contributed by atoms with Crippen LogP contribution < -0.4 is 10.6 Å². The average molecular weight is 622 g/mol. The van der Waals surface area contributed by atoms with Gasteiger partial charge in [-0.25, -0.2) is 19.3 Å². The Balaban J connectivity index is 1.12. The van der Waals surface area contributed by atoms with Gasteiger partial charge in [0.05, 0.1) is 56.2 Å². The number of nitro groups is 1. The van der Waals surface area contributed by atoms with Crippen molar-refractivity contribution in [2.75, 3.05) is 37.8 Å². The van der Waals surface area contributed by atoms with Crippen LogP contribution in [0.3, 0.4) is 0 Å². The van der Waals surface area contributed by atoms with Crippen LogP contribution in [0.25, 0.3) is 21.8 Å². The Bertz CT molecular complexity index is 2070. The first-order chi connectivity index (χ1) is 22.1. The Morgan fingerprint density at radius 3 is 2.83 bits per heavy atom. The second-order valence-electron chi connectivity index (χ2n) is 11.5. The van der Waals surface area contributed by atoms with Crippen LogP contribution in [0.4, 0.5) is 21.7 Å². The van der Waals surface area contributed by atoms with Gasteiger partial charge in [-0.15, -0.1) is 0 Å². The minimum Gasteiger partial charge on any atom is -0.358 e. The molecule has 1 aliphatic heterocycles. The SMILES string of the molecule is C[N+](C)(C/C=C/C(=O)Nc1cc2c(Nc3ccc4c(cnn4Cc4cccc(F)c4)c3)ncnc2cn1)CC1=C([N+](=O)[O-])N=CC1. The molecule has 232 valence electrons. The molecule has 4 heterocycles. The van der Waals surface area contributed by atoms with Gasteiger partial charge in [-0.2, -0.15) is 5.10 Å². The Morgan fingerprint density at radius 1 is 1.13 bits per heavy atom. The number of quaternary nitrogens is 1. The molecule has 0 fully saturated rings. The molecule has 3 aromatic heterocycles. The molecule has 0 saturated heterocycles. The number of hydrogen-bond acceptors (Lipinski definition) is 9. The normalized spacial score (nSPS) is 13.3. The Labute approximate surface area is 262 Å². The number of rotatable bonds is 11. The lowest BCUT2D eigenvalue weighted by molar-refractivity contribution is -0.880. The van der Waals surface area contributed by atoms with Crippen molar-refractivity contribution < 1.29 is 18.6 Å². The number of amides is 1. The lowest BCUT2D eigenvalue weighted by atomic mass is 10.2. The van der Waals surface area contributed by atoms with Crippen molar-refractivity contribution in [1.82, 2.24) is 24.7 Å². The van der Waals surface area contributed by atoms with Crippen LogP contribution in [0.15, 0.2) is 95.8 Å². The van der Waals surface area contributed by atoms with Crippen LogP contribution in [0.1, 0.15) is 12.0 Å². The molecule has 0 radical (unpaired) electrons. The first-order valence-electron chi connectivity index (χ1n) is 14.4. The van der Waals surface area contributed by atoms with Crippen molar-refractivity contribution in [2.24, 2.45) is 4.99 Å². The zero-order valence-electron chi connectivity index (χ0n) is 25.1. The van der Waals surface area contributed by atoms with E-state index in [4.69, 9.17) is 0 Å². The summed E-state index contributed by atoms with van der Waals surface area (Å²) < 4.78 is 15.9. The standard InChI is InChI=1S/C32H29FN10O3/c1-43(2,19-22-10-11-34-32(22)42(45)46)12-4-7-30(44)40-29-15-26-27(17-35-29)36-20-37-31(26)39-25-8-9-28-23(14-25)16-38-41(28)18-21-5-3-6-24(33)13-21/h3-9,11,13-17,20H,10,12,18-19H2,1-2H3,(H-,35,36,37,39,40,44)/p+1/b7-4+. The van der Waals surface area contributed by atoms with Gasteiger partial charge < -0.3 is 25.2 Å². The third kappa shape index (κ3) is 6.92. The summed E-state index contributed by atoms with van der Waals surface area (Å²) in [6.45, 7) is 1.36. The summed E-state index contributed by atoms with van der Waals surface area (Å²) >= 11 is 0. The van der Waals surface area contributed by atoms with Crippen LogP contribution in [-0.2, 0) is 11.3 Å². The first-order valence-corrected chi connectivity index (χ1v) is 14.4. The number of carbonyl (C=O) groups excluding carboxylic acids is 1. The molecule has 0 bridgehead atoms. The highest BCUT2D eigenvalue weighted by Crippen LogP contribution is 2.27. The molecule has 0 saturated carbocycles. The largest absolute Gasteiger partial charge is 0.368 e. The number of benzene rings is 2. The second-order valence-corrected chi connectivity index (χ2v) is 11.5. The number of halogens is 1. The quantitative estimate of drug-likeness (QED) is 0.0920. The molecule has 5 aromatic rings. The van der Waals surface area contributed by atoms with Crippen molar-refractivity contribution in [3.63, 3.8) is 0 Å². The van der Waals surface area contributed by atoms with Crippen molar-refractivity contribution >= 4 is 51.3 Å². The summed E-state index contributed by atoms with van der Waals surface area (Å²) in [6, 6.07) is 13.9. The number of carbonyl (C=O) groups is 1. The number of aliphatic imine (C=N–C) groups is 1. The molecule has 2 N–H and O–H groups in total. The van der Waals surface area contributed by atoms with E-state index in [1.165, 1.54) is 24.5 Å². The topological polar surface area (TPSA) is 153 Å². The van der Waals surface area contributed by atoms with E-state index < -0.39 is 4.92 Å². The third-order valence-corrected chi connectivity index (χ3v) is 7.43. The zero-order chi connectivity index (χ0) is 32.3. The van der Waals surface area contributed by atoms with E-state index in [2.05, 4.69) is 35.7 Å². The van der Waals surface area contributed by atoms with E-state index in [0.29, 0.717) is 58.6 Å². The predicted octanol–water partition coefficient (Wildman–Crippen LogP) is 4.84. The molecule has 0 aliphatic carbocycles. The molecule has 0 spiro atoms. The average Bonchev–Trinajstić information content (AvgIpc) is 3.64. The van der Waals surface area contributed by atoms with Gasteiger partial charge in [0.2, 0.25) is 5.91 Å². The fourth-order valence-corrected chi connectivity index (χ4v) is 5.29. The van der Waals surface area contributed by atoms with Crippen LogP contribution in [-0.4, -0.2) is 73.4 Å². The fraction of sp³-hybridized carbons (Fsp3) is 0.188. The summed E-state index contributed by atoms with van der Waals surface area (Å²) in [7, 11) is 3.86. The minimum atomic E-state index is -0.462. The molecular formula is C32H30FN10O3+. The summed E-state index contributed by atoms with van der Waals surface area (Å²) in [4.78, 5) is 40.4. The molecule has 6 rings (SSSR count). The van der Waals surface area contributed by atoms with Gasteiger partial charge in [0.1, 0.15) is 36.5 Å². The van der Waals surface area contributed by atoms with Crippen LogP contribution in [0, 0.1) is 15.9 Å². The smallest absolute Gasteiger partial charge is 0.358 e. The maximum absolute atomic E-state index is 13.6. The molecule has 46 heavy (non-hydrogen) atoms. The van der Waals surface area contributed by atoms with Crippen LogP contribution >= 0.6 is 0 Å². The number of likely N-dealkylation sites (N-methyl/N-ethyl adjacent to an activating group) is 1. The number of nitrogens with one attached hydrogen (secondary N) is 2. The van der Waals surface area contributed by atoms with E-state index >= 15 is 0 Å². The molecule has 1 aliphatic rings. The summed E-state index contributed by atoms with van der Waals surface area (Å²) in [6.07, 6.45) is 9.90. The highest BCUT2D eigenvalue weighted by atomic mass is 19.1. The highest BCUT2D eigenvalue weighted by Gasteiger charge is 2.28. The van der Waals surface area contributed by atoms with Gasteiger partial charge in [-0.05, 0) is 53.0 Å². The Kier molecular flexibility index (Phi) is 8.27. The van der Waals surface area contributed by atoms with Crippen molar-refractivity contribution in [2.45, 2.75) is 13.0 Å². The predicted molar refractivity (Wildman–Crippen MR) is 173 cm³/mol. The summed E-state index contributed by atoms with van der Waals surface area (Å²) in [5, 5.41) is 23.3. The lowest BCUT2D eigenvalue weighted by Gasteiger charge is -2.28.